The van der Waals surface area contributed by atoms with E-state index in [1.54, 1.807) is 0 Å². The Morgan fingerprint density at radius 3 is 2.61 bits per heavy atom. The van der Waals surface area contributed by atoms with Gasteiger partial charge in [0.15, 0.2) is 0 Å². The second kappa shape index (κ2) is 6.82. The molecule has 0 fully saturated rings. The minimum absolute atomic E-state index is 0.793. The molecule has 1 aromatic carbocycles. The maximum atomic E-state index is 4.72. The molecule has 0 atom stereocenters. The van der Waals surface area contributed by atoms with Crippen LogP contribution in [0.5, 0.6) is 0 Å². The third-order valence-electron chi connectivity index (χ3n) is 4.07. The normalized spacial score (nSPS) is 11.1. The van der Waals surface area contributed by atoms with Crippen molar-refractivity contribution in [1.29, 1.82) is 0 Å². The minimum atomic E-state index is 0.793. The van der Waals surface area contributed by atoms with Crippen LogP contribution >= 0.6 is 0 Å². The van der Waals surface area contributed by atoms with Gasteiger partial charge in [-0.15, -0.1) is 0 Å². The fourth-order valence-corrected chi connectivity index (χ4v) is 2.88. The van der Waals surface area contributed by atoms with Gasteiger partial charge in [-0.1, -0.05) is 31.5 Å². The Kier molecular flexibility index (Phi) is 4.60. The van der Waals surface area contributed by atoms with Crippen LogP contribution in [0.1, 0.15) is 36.8 Å². The number of aryl methyl sites for hydroxylation is 2. The number of hydrogen-bond donors (Lipinski definition) is 0. The first-order valence-electron chi connectivity index (χ1n) is 8.29. The summed E-state index contributed by atoms with van der Waals surface area (Å²) in [6, 6.07) is 12.7. The molecule has 0 radical (unpaired) electrons. The summed E-state index contributed by atoms with van der Waals surface area (Å²) in [7, 11) is 0. The average molecular weight is 308 g/mol. The van der Waals surface area contributed by atoms with E-state index >= 15 is 0 Å². The van der Waals surface area contributed by atoms with E-state index in [2.05, 4.69) is 70.7 Å². The Hall–Kier alpha value is -2.36. The van der Waals surface area contributed by atoms with Gasteiger partial charge in [-0.25, -0.2) is 9.97 Å². The zero-order valence-electron chi connectivity index (χ0n) is 14.2. The van der Waals surface area contributed by atoms with Crippen molar-refractivity contribution in [3.05, 3.63) is 59.7 Å². The van der Waals surface area contributed by atoms with E-state index in [1.165, 1.54) is 24.2 Å². The molecule has 0 spiro atoms. The Morgan fingerprint density at radius 1 is 1.09 bits per heavy atom. The largest absolute Gasteiger partial charge is 0.366 e. The molecule has 0 saturated heterocycles. The third kappa shape index (κ3) is 3.52. The Balaban J connectivity index is 1.89. The molecule has 3 aromatic rings. The number of rotatable bonds is 6. The molecule has 0 aliphatic heterocycles. The summed E-state index contributed by atoms with van der Waals surface area (Å²) in [4.78, 5) is 11.6. The summed E-state index contributed by atoms with van der Waals surface area (Å²) in [5.41, 5.74) is 4.49. The highest BCUT2D eigenvalue weighted by molar-refractivity contribution is 5.46. The fraction of sp³-hybridized carbons (Fsp3) is 0.368. The van der Waals surface area contributed by atoms with Crippen LogP contribution in [0.25, 0.3) is 5.78 Å². The van der Waals surface area contributed by atoms with Gasteiger partial charge in [0.2, 0.25) is 5.78 Å². The third-order valence-corrected chi connectivity index (χ3v) is 4.07. The van der Waals surface area contributed by atoms with Gasteiger partial charge in [0.1, 0.15) is 0 Å². The summed E-state index contributed by atoms with van der Waals surface area (Å²) in [6.07, 6.45) is 4.48. The van der Waals surface area contributed by atoms with Crippen LogP contribution in [0.3, 0.4) is 0 Å². The zero-order valence-corrected chi connectivity index (χ0v) is 14.2. The van der Waals surface area contributed by atoms with Crippen LogP contribution < -0.4 is 4.90 Å². The highest BCUT2D eigenvalue weighted by Gasteiger charge is 2.11. The molecule has 0 unspecified atom stereocenters. The first kappa shape index (κ1) is 15.5. The second-order valence-corrected chi connectivity index (χ2v) is 6.05. The topological polar surface area (TPSA) is 33.4 Å². The molecular formula is C19H24N4. The van der Waals surface area contributed by atoms with Crippen LogP contribution in [-0.2, 0) is 6.54 Å². The van der Waals surface area contributed by atoms with Crippen molar-refractivity contribution in [2.24, 2.45) is 0 Å². The van der Waals surface area contributed by atoms with Crippen molar-refractivity contribution in [1.82, 2.24) is 14.4 Å². The number of hydrogen-bond acceptors (Lipinski definition) is 3. The Bertz CT molecular complexity index is 777. The van der Waals surface area contributed by atoms with E-state index in [9.17, 15) is 0 Å². The second-order valence-electron chi connectivity index (χ2n) is 6.05. The molecule has 3 rings (SSSR count). The van der Waals surface area contributed by atoms with E-state index in [4.69, 9.17) is 4.98 Å². The molecule has 23 heavy (non-hydrogen) atoms. The van der Waals surface area contributed by atoms with Crippen molar-refractivity contribution >= 4 is 11.5 Å². The lowest BCUT2D eigenvalue weighted by Gasteiger charge is -2.23. The maximum absolute atomic E-state index is 4.72. The quantitative estimate of drug-likeness (QED) is 0.686. The number of nitrogens with zero attached hydrogens (tertiary/aromatic N) is 4. The molecular weight excluding hydrogens is 284 g/mol. The van der Waals surface area contributed by atoms with Gasteiger partial charge in [-0.3, -0.25) is 4.40 Å². The Labute approximate surface area is 137 Å². The van der Waals surface area contributed by atoms with Crippen molar-refractivity contribution in [3.8, 4) is 0 Å². The number of aromatic nitrogens is 3. The molecule has 0 bridgehead atoms. The van der Waals surface area contributed by atoms with E-state index < -0.39 is 0 Å². The van der Waals surface area contributed by atoms with E-state index in [-0.39, 0.29) is 0 Å². The summed E-state index contributed by atoms with van der Waals surface area (Å²) in [5.74, 6) is 0.793. The first-order chi connectivity index (χ1) is 11.2. The summed E-state index contributed by atoms with van der Waals surface area (Å²) in [6.45, 7) is 8.19. The van der Waals surface area contributed by atoms with E-state index in [0.717, 1.165) is 30.3 Å². The molecule has 4 heteroatoms. The van der Waals surface area contributed by atoms with Gasteiger partial charge in [0, 0.05) is 29.8 Å². The lowest BCUT2D eigenvalue weighted by molar-refractivity contribution is 0.710. The van der Waals surface area contributed by atoms with Crippen molar-refractivity contribution < 1.29 is 0 Å². The smallest absolute Gasteiger partial charge is 0.234 e. The molecule has 0 N–H and O–H groups in total. The van der Waals surface area contributed by atoms with Gasteiger partial charge in [0.25, 0.3) is 0 Å². The van der Waals surface area contributed by atoms with Crippen LogP contribution in [0.2, 0.25) is 0 Å². The predicted octanol–water partition coefficient (Wildman–Crippen LogP) is 4.15. The van der Waals surface area contributed by atoms with Gasteiger partial charge < -0.3 is 4.90 Å². The zero-order chi connectivity index (χ0) is 16.2. The fourth-order valence-electron chi connectivity index (χ4n) is 2.88. The molecule has 2 aromatic heterocycles. The van der Waals surface area contributed by atoms with Gasteiger partial charge in [0.05, 0.1) is 12.2 Å². The lowest BCUT2D eigenvalue weighted by atomic mass is 10.2. The van der Waals surface area contributed by atoms with Crippen LogP contribution in [0.4, 0.5) is 5.69 Å². The van der Waals surface area contributed by atoms with Crippen LogP contribution in [0, 0.1) is 13.8 Å². The molecule has 120 valence electrons. The molecule has 0 saturated carbocycles. The van der Waals surface area contributed by atoms with Crippen LogP contribution in [0.15, 0.2) is 42.6 Å². The predicted molar refractivity (Wildman–Crippen MR) is 94.9 cm³/mol. The highest BCUT2D eigenvalue weighted by atomic mass is 15.2. The maximum Gasteiger partial charge on any atom is 0.234 e. The first-order valence-corrected chi connectivity index (χ1v) is 8.29. The Morgan fingerprint density at radius 2 is 1.87 bits per heavy atom. The number of fused-ring (bicyclic) bond motifs is 1. The van der Waals surface area contributed by atoms with E-state index in [0.29, 0.717) is 0 Å². The summed E-state index contributed by atoms with van der Waals surface area (Å²) in [5, 5.41) is 0. The highest BCUT2D eigenvalue weighted by Crippen LogP contribution is 2.18. The SMILES string of the molecule is CCCCN(Cc1cn2c(C)cc(C)nc2n1)c1ccccc1. The van der Waals surface area contributed by atoms with Gasteiger partial charge in [-0.05, 0) is 38.5 Å². The standard InChI is InChI=1S/C19H24N4/c1-4-5-11-22(18-9-7-6-8-10-18)13-17-14-23-16(3)12-15(2)20-19(23)21-17/h6-10,12,14H,4-5,11,13H2,1-3H3. The van der Waals surface area contributed by atoms with Gasteiger partial charge >= 0.3 is 0 Å². The molecule has 0 amide bonds. The van der Waals surface area contributed by atoms with Crippen molar-refractivity contribution in [3.63, 3.8) is 0 Å². The molecule has 2 heterocycles. The van der Waals surface area contributed by atoms with Gasteiger partial charge in [-0.2, -0.15) is 0 Å². The number of imidazole rings is 1. The summed E-state index contributed by atoms with van der Waals surface area (Å²) < 4.78 is 2.07. The summed E-state index contributed by atoms with van der Waals surface area (Å²) >= 11 is 0. The number of benzene rings is 1. The van der Waals surface area contributed by atoms with Crippen LogP contribution in [-0.4, -0.2) is 20.9 Å². The van der Waals surface area contributed by atoms with Crippen molar-refractivity contribution in [2.75, 3.05) is 11.4 Å². The molecule has 0 aliphatic carbocycles. The molecule has 0 aliphatic rings. The number of para-hydroxylation sites is 1. The molecule has 4 nitrogen and oxygen atoms in total. The van der Waals surface area contributed by atoms with Crippen molar-refractivity contribution in [2.45, 2.75) is 40.2 Å². The minimum Gasteiger partial charge on any atom is -0.366 e. The monoisotopic (exact) mass is 308 g/mol. The number of unbranched alkanes of at least 4 members (excludes halogenated alkanes) is 1. The average Bonchev–Trinajstić information content (AvgIpc) is 2.95. The number of anilines is 1. The van der Waals surface area contributed by atoms with E-state index in [1.807, 2.05) is 6.92 Å². The lowest BCUT2D eigenvalue weighted by Crippen LogP contribution is -2.23.